The first-order chi connectivity index (χ1) is 14.4. The zero-order chi connectivity index (χ0) is 21.5. The zero-order valence-corrected chi connectivity index (χ0v) is 18.2. The van der Waals surface area contributed by atoms with Gasteiger partial charge >= 0.3 is 0 Å². The van der Waals surface area contributed by atoms with Crippen LogP contribution in [0, 0.1) is 10.2 Å². The van der Waals surface area contributed by atoms with Crippen molar-refractivity contribution in [2.24, 2.45) is 0 Å². The van der Waals surface area contributed by atoms with Crippen molar-refractivity contribution in [1.29, 1.82) is 0 Å². The number of hydrogen-bond donors (Lipinski definition) is 0. The second-order valence-electron chi connectivity index (χ2n) is 7.10. The molecule has 0 N–H and O–H groups in total. The van der Waals surface area contributed by atoms with Crippen LogP contribution in [-0.4, -0.2) is 0 Å². The van der Waals surface area contributed by atoms with Gasteiger partial charge in [-0.1, -0.05) is 54.6 Å². The first kappa shape index (κ1) is 22.6. The van der Waals surface area contributed by atoms with Crippen LogP contribution in [0.1, 0.15) is 25.7 Å². The third-order valence-corrected chi connectivity index (χ3v) is 9.20. The lowest BCUT2D eigenvalue weighted by Crippen LogP contribution is -2.68. The molecule has 0 unspecified atom stereocenters. The molecule has 3 aromatic rings. The third-order valence-electron chi connectivity index (χ3n) is 5.11. The normalized spacial score (nSPS) is 14.1. The molecule has 4 nitrogen and oxygen atoms in total. The lowest BCUT2D eigenvalue weighted by molar-refractivity contribution is -2.00. The van der Waals surface area contributed by atoms with Crippen molar-refractivity contribution >= 4 is 23.2 Å². The first-order valence-corrected chi connectivity index (χ1v) is 12.9. The van der Waals surface area contributed by atoms with E-state index in [1.54, 1.807) is 5.57 Å². The first-order valence-electron chi connectivity index (χ1n) is 9.77. The van der Waals surface area contributed by atoms with Crippen LogP contribution in [0.15, 0.2) is 102 Å². The van der Waals surface area contributed by atoms with E-state index < -0.39 is 17.5 Å². The molecule has 0 spiro atoms. The second-order valence-corrected chi connectivity index (χ2v) is 11.1. The highest BCUT2D eigenvalue weighted by Gasteiger charge is 2.44. The molecule has 0 aliphatic heterocycles. The van der Waals surface area contributed by atoms with Gasteiger partial charge in [0.2, 0.25) is 0 Å². The van der Waals surface area contributed by atoms with E-state index in [-0.39, 0.29) is 0 Å². The van der Waals surface area contributed by atoms with Crippen molar-refractivity contribution in [1.82, 2.24) is 0 Å². The molecule has 1 aliphatic rings. The van der Waals surface area contributed by atoms with Crippen molar-refractivity contribution in [3.63, 3.8) is 0 Å². The number of rotatable bonds is 4. The summed E-state index contributed by atoms with van der Waals surface area (Å²) in [5, 5.41) is 4.35. The van der Waals surface area contributed by atoms with Gasteiger partial charge in [-0.15, -0.1) is 10.2 Å². The second kappa shape index (κ2) is 10.3. The molecule has 0 atom stereocenters. The molecule has 1 fully saturated rings. The maximum atomic E-state index is 8.49. The maximum Gasteiger partial charge on any atom is 0.136 e. The van der Waals surface area contributed by atoms with E-state index in [9.17, 15) is 0 Å². The van der Waals surface area contributed by atoms with Crippen LogP contribution in [-0.2, 0) is 0 Å². The molecule has 0 saturated heterocycles. The fraction of sp³-hybridized carbons (Fsp3) is 0.167. The van der Waals surface area contributed by atoms with E-state index in [2.05, 4.69) is 96.8 Å². The molecule has 3 aromatic carbocycles. The lowest BCUT2D eigenvalue weighted by atomic mass is 10.3. The van der Waals surface area contributed by atoms with Gasteiger partial charge in [-0.2, -0.15) is 0 Å². The number of allylic oxidation sites excluding steroid dienone is 1. The molecule has 0 bridgehead atoms. The summed E-state index contributed by atoms with van der Waals surface area (Å²) >= 11 is 0. The third kappa shape index (κ3) is 5.99. The molecule has 6 heteroatoms. The minimum absolute atomic E-state index is 1.26. The monoisotopic (exact) mass is 442 g/mol. The van der Waals surface area contributed by atoms with Crippen LogP contribution in [0.3, 0.4) is 0 Å². The fourth-order valence-corrected chi connectivity index (χ4v) is 7.97. The van der Waals surface area contributed by atoms with Gasteiger partial charge in [0.15, 0.2) is 0 Å². The van der Waals surface area contributed by atoms with E-state index in [1.165, 1.54) is 41.6 Å². The Kier molecular flexibility index (Phi) is 7.79. The van der Waals surface area contributed by atoms with Crippen molar-refractivity contribution < 1.29 is 28.9 Å². The van der Waals surface area contributed by atoms with Gasteiger partial charge in [0, 0.05) is 0 Å². The Morgan fingerprint density at radius 1 is 0.567 bits per heavy atom. The van der Waals surface area contributed by atoms with E-state index in [1.807, 2.05) is 0 Å². The predicted octanol–water partition coefficient (Wildman–Crippen LogP) is 0.682. The molecule has 0 heterocycles. The van der Waals surface area contributed by atoms with E-state index in [0.29, 0.717) is 0 Å². The molecule has 4 rings (SSSR count). The average molecular weight is 443 g/mol. The number of hydrogen-bond acceptors (Lipinski definition) is 4. The minimum atomic E-state index is -4.94. The van der Waals surface area contributed by atoms with Crippen LogP contribution in [0.25, 0.3) is 0 Å². The van der Waals surface area contributed by atoms with E-state index >= 15 is 0 Å². The highest BCUT2D eigenvalue weighted by Crippen LogP contribution is 2.58. The highest BCUT2D eigenvalue weighted by atomic mass is 35.7. The molecular weight excluding hydrogens is 419 g/mol. The topological polar surface area (TPSA) is 92.2 Å². The molecule has 1 saturated carbocycles. The summed E-state index contributed by atoms with van der Waals surface area (Å²) in [7, 11) is -6.71. The Morgan fingerprint density at radius 2 is 0.867 bits per heavy atom. The maximum absolute atomic E-state index is 8.49. The summed E-state index contributed by atoms with van der Waals surface area (Å²) < 4.78 is 34.0. The van der Waals surface area contributed by atoms with Crippen molar-refractivity contribution in [3.8, 4) is 0 Å². The van der Waals surface area contributed by atoms with E-state index in [4.69, 9.17) is 18.6 Å². The molecule has 0 amide bonds. The smallest absolute Gasteiger partial charge is 0.136 e. The van der Waals surface area contributed by atoms with Gasteiger partial charge in [-0.3, -0.25) is 0 Å². The largest absolute Gasteiger partial charge is 0.222 e. The average Bonchev–Trinajstić information content (AvgIpc) is 3.26. The van der Waals surface area contributed by atoms with Gasteiger partial charge in [0.05, 0.1) is 5.82 Å². The van der Waals surface area contributed by atoms with Gasteiger partial charge in [-0.25, -0.2) is 18.6 Å². The molecule has 0 aromatic heterocycles. The molecular formula is C24H24ClO4P. The summed E-state index contributed by atoms with van der Waals surface area (Å²) in [6.45, 7) is 0. The van der Waals surface area contributed by atoms with Gasteiger partial charge < -0.3 is 0 Å². The lowest BCUT2D eigenvalue weighted by Gasteiger charge is -2.25. The van der Waals surface area contributed by atoms with Crippen molar-refractivity contribution in [3.05, 3.63) is 102 Å². The quantitative estimate of drug-likeness (QED) is 0.555. The molecule has 156 valence electrons. The molecule has 0 radical (unpaired) electrons. The Labute approximate surface area is 180 Å². The summed E-state index contributed by atoms with van der Waals surface area (Å²) in [6.07, 6.45) is 5.19. The van der Waals surface area contributed by atoms with Gasteiger partial charge in [0.1, 0.15) is 23.2 Å². The summed E-state index contributed by atoms with van der Waals surface area (Å²) in [5.74, 6) is 2.67. The standard InChI is InChI=1S/C24H24P.ClHO4/c1-4-14-22(15-5-1)25(20-21-12-10-11-13-21,23-16-6-2-7-17-23)24-18-8-3-9-19-24;2-1(3,4)5/h1-9,14-20H,10-13H2;(H,2,3,4,5)/q+1;/p-1. The summed E-state index contributed by atoms with van der Waals surface area (Å²) in [5.41, 5.74) is 1.64. The van der Waals surface area contributed by atoms with Gasteiger partial charge in [0.25, 0.3) is 0 Å². The van der Waals surface area contributed by atoms with Crippen LogP contribution in [0.5, 0.6) is 0 Å². The van der Waals surface area contributed by atoms with Crippen LogP contribution >= 0.6 is 7.26 Å². The Balaban J connectivity index is 0.000000461. The summed E-state index contributed by atoms with van der Waals surface area (Å²) in [6, 6.07) is 33.4. The minimum Gasteiger partial charge on any atom is -0.222 e. The van der Waals surface area contributed by atoms with Crippen LogP contribution in [0.2, 0.25) is 0 Å². The highest BCUT2D eigenvalue weighted by molar-refractivity contribution is 7.98. The molecule has 1 aliphatic carbocycles. The molecule has 30 heavy (non-hydrogen) atoms. The van der Waals surface area contributed by atoms with Crippen LogP contribution < -0.4 is 34.5 Å². The fourth-order valence-electron chi connectivity index (χ4n) is 3.89. The summed E-state index contributed by atoms with van der Waals surface area (Å²) in [4.78, 5) is 0. The van der Waals surface area contributed by atoms with Gasteiger partial charge in [-0.05, 0) is 67.7 Å². The predicted molar refractivity (Wildman–Crippen MR) is 112 cm³/mol. The Bertz CT molecular complexity index is 831. The Hall–Kier alpha value is -2.04. The number of benzene rings is 3. The van der Waals surface area contributed by atoms with E-state index in [0.717, 1.165) is 0 Å². The Morgan fingerprint density at radius 3 is 1.17 bits per heavy atom. The number of halogens is 1. The SMILES string of the molecule is C(=C1CCCC1)[P+](c1ccccc1)(c1ccccc1)c1ccccc1.[O-][Cl+3]([O-])([O-])[O-]. The zero-order valence-electron chi connectivity index (χ0n) is 16.5. The van der Waals surface area contributed by atoms with Crippen molar-refractivity contribution in [2.45, 2.75) is 25.7 Å². The van der Waals surface area contributed by atoms with Crippen molar-refractivity contribution in [2.75, 3.05) is 0 Å². The van der Waals surface area contributed by atoms with Crippen LogP contribution in [0.4, 0.5) is 0 Å².